The molecule has 0 aliphatic carbocycles. The van der Waals surface area contributed by atoms with E-state index in [1.54, 1.807) is 0 Å². The lowest BCUT2D eigenvalue weighted by Crippen LogP contribution is -2.07. The van der Waals surface area contributed by atoms with Crippen LogP contribution in [-0.4, -0.2) is 16.6 Å². The van der Waals surface area contributed by atoms with Crippen LogP contribution in [0.3, 0.4) is 0 Å². The van der Waals surface area contributed by atoms with Crippen molar-refractivity contribution in [3.05, 3.63) is 42.0 Å². The summed E-state index contributed by atoms with van der Waals surface area (Å²) < 4.78 is 0. The second-order valence-electron chi connectivity index (χ2n) is 4.66. The van der Waals surface area contributed by atoms with Crippen molar-refractivity contribution in [1.82, 2.24) is 0 Å². The van der Waals surface area contributed by atoms with Crippen molar-refractivity contribution in [2.45, 2.75) is 18.6 Å². The molecule has 2 aromatic carbocycles. The minimum Gasteiger partial charge on any atom is -0.507 e. The first kappa shape index (κ1) is 11.0. The standard InChI is InChI=1S/C15H16OS/c16-15-8-7-12-5-1-2-6-13(12)14(15)11-17-9-3-4-10-17/h1-2,5-8H,3-4,9-11H2/p+1. The molecular weight excluding hydrogens is 228 g/mol. The van der Waals surface area contributed by atoms with Crippen molar-refractivity contribution >= 4 is 21.7 Å². The average molecular weight is 245 g/mol. The van der Waals surface area contributed by atoms with E-state index in [0.717, 1.165) is 11.3 Å². The van der Waals surface area contributed by atoms with Gasteiger partial charge in [0.05, 0.1) is 5.56 Å². The van der Waals surface area contributed by atoms with Crippen molar-refractivity contribution in [2.24, 2.45) is 0 Å². The fraction of sp³-hybridized carbons (Fsp3) is 0.333. The maximum atomic E-state index is 10.1. The van der Waals surface area contributed by atoms with Crippen LogP contribution in [0.5, 0.6) is 5.75 Å². The lowest BCUT2D eigenvalue weighted by Gasteiger charge is -2.08. The lowest BCUT2D eigenvalue weighted by atomic mass is 10.0. The zero-order chi connectivity index (χ0) is 11.7. The van der Waals surface area contributed by atoms with Crippen LogP contribution < -0.4 is 0 Å². The summed E-state index contributed by atoms with van der Waals surface area (Å²) in [7, 11) is 0.495. The quantitative estimate of drug-likeness (QED) is 0.803. The lowest BCUT2D eigenvalue weighted by molar-refractivity contribution is 0.471. The highest BCUT2D eigenvalue weighted by Crippen LogP contribution is 2.31. The highest BCUT2D eigenvalue weighted by molar-refractivity contribution is 7.96. The summed E-state index contributed by atoms with van der Waals surface area (Å²) in [6, 6.07) is 12.2. The molecule has 0 atom stereocenters. The Morgan fingerprint density at radius 2 is 1.76 bits per heavy atom. The van der Waals surface area contributed by atoms with Crippen LogP contribution in [0.2, 0.25) is 0 Å². The molecule has 0 radical (unpaired) electrons. The number of hydrogen-bond donors (Lipinski definition) is 1. The molecule has 0 unspecified atom stereocenters. The molecule has 17 heavy (non-hydrogen) atoms. The summed E-state index contributed by atoms with van der Waals surface area (Å²) in [6.45, 7) is 0. The van der Waals surface area contributed by atoms with E-state index in [9.17, 15) is 5.11 Å². The van der Waals surface area contributed by atoms with Crippen LogP contribution in [0, 0.1) is 0 Å². The van der Waals surface area contributed by atoms with Gasteiger partial charge in [-0.3, -0.25) is 0 Å². The van der Waals surface area contributed by atoms with Gasteiger partial charge in [0.2, 0.25) is 0 Å². The van der Waals surface area contributed by atoms with E-state index in [0.29, 0.717) is 16.6 Å². The molecule has 1 aliphatic heterocycles. The molecule has 3 rings (SSSR count). The Bertz CT molecular complexity index is 529. The summed E-state index contributed by atoms with van der Waals surface area (Å²) >= 11 is 0. The second kappa shape index (κ2) is 4.61. The van der Waals surface area contributed by atoms with Crippen molar-refractivity contribution < 1.29 is 5.11 Å². The predicted molar refractivity (Wildman–Crippen MR) is 75.6 cm³/mol. The van der Waals surface area contributed by atoms with E-state index in [-0.39, 0.29) is 0 Å². The maximum Gasteiger partial charge on any atom is 0.137 e. The van der Waals surface area contributed by atoms with Gasteiger partial charge in [-0.05, 0) is 40.6 Å². The Kier molecular flexibility index (Phi) is 2.98. The third-order valence-corrected chi connectivity index (χ3v) is 5.91. The van der Waals surface area contributed by atoms with Gasteiger partial charge in [-0.25, -0.2) is 0 Å². The molecule has 1 saturated heterocycles. The fourth-order valence-corrected chi connectivity index (χ4v) is 4.97. The van der Waals surface area contributed by atoms with Crippen molar-refractivity contribution in [1.29, 1.82) is 0 Å². The highest BCUT2D eigenvalue weighted by Gasteiger charge is 2.26. The number of aromatic hydroxyl groups is 1. The Balaban J connectivity index is 2.03. The molecule has 0 bridgehead atoms. The first-order valence-electron chi connectivity index (χ1n) is 6.18. The van der Waals surface area contributed by atoms with E-state index in [1.165, 1.54) is 35.1 Å². The molecular formula is C15H17OS+. The molecule has 2 heteroatoms. The largest absolute Gasteiger partial charge is 0.507 e. The molecule has 0 aromatic heterocycles. The Morgan fingerprint density at radius 3 is 2.59 bits per heavy atom. The molecule has 1 aliphatic rings. The van der Waals surface area contributed by atoms with Gasteiger partial charge >= 0.3 is 0 Å². The summed E-state index contributed by atoms with van der Waals surface area (Å²) in [5, 5.41) is 12.5. The molecule has 1 nitrogen and oxygen atoms in total. The van der Waals surface area contributed by atoms with Gasteiger partial charge in [-0.2, -0.15) is 0 Å². The predicted octanol–water partition coefficient (Wildman–Crippen LogP) is 3.46. The van der Waals surface area contributed by atoms with Crippen LogP contribution >= 0.6 is 0 Å². The minimum absolute atomic E-state index is 0.475. The number of phenolic OH excluding ortho intramolecular Hbond substituents is 1. The van der Waals surface area contributed by atoms with Crippen LogP contribution in [0.15, 0.2) is 36.4 Å². The smallest absolute Gasteiger partial charge is 0.137 e. The van der Waals surface area contributed by atoms with Crippen LogP contribution in [0.25, 0.3) is 10.8 Å². The van der Waals surface area contributed by atoms with Gasteiger partial charge in [0.25, 0.3) is 0 Å². The minimum atomic E-state index is 0.475. The van der Waals surface area contributed by atoms with E-state index >= 15 is 0 Å². The molecule has 0 amide bonds. The molecule has 88 valence electrons. The highest BCUT2D eigenvalue weighted by atomic mass is 32.2. The fourth-order valence-electron chi connectivity index (χ4n) is 2.54. The molecule has 2 aromatic rings. The topological polar surface area (TPSA) is 20.2 Å². The van der Waals surface area contributed by atoms with E-state index in [4.69, 9.17) is 0 Å². The second-order valence-corrected chi connectivity index (χ2v) is 6.99. The third kappa shape index (κ3) is 2.14. The number of hydrogen-bond acceptors (Lipinski definition) is 1. The number of benzene rings is 2. The van der Waals surface area contributed by atoms with Gasteiger partial charge in [-0.15, -0.1) is 0 Å². The third-order valence-electron chi connectivity index (χ3n) is 3.48. The number of rotatable bonds is 2. The van der Waals surface area contributed by atoms with Crippen molar-refractivity contribution in [3.8, 4) is 5.75 Å². The Morgan fingerprint density at radius 1 is 1.00 bits per heavy atom. The first-order valence-corrected chi connectivity index (χ1v) is 7.91. The maximum absolute atomic E-state index is 10.1. The van der Waals surface area contributed by atoms with Crippen molar-refractivity contribution in [3.63, 3.8) is 0 Å². The van der Waals surface area contributed by atoms with Gasteiger partial charge in [0.1, 0.15) is 23.0 Å². The zero-order valence-electron chi connectivity index (χ0n) is 9.86. The average Bonchev–Trinajstić information content (AvgIpc) is 2.86. The van der Waals surface area contributed by atoms with Gasteiger partial charge in [0.15, 0.2) is 0 Å². The molecule has 1 N–H and O–H groups in total. The van der Waals surface area contributed by atoms with E-state index in [2.05, 4.69) is 24.3 Å². The monoisotopic (exact) mass is 245 g/mol. The van der Waals surface area contributed by atoms with Crippen LogP contribution in [0.4, 0.5) is 0 Å². The SMILES string of the molecule is Oc1ccc2ccccc2c1C[S+]1CCCC1. The normalized spacial score (nSPS) is 16.7. The van der Waals surface area contributed by atoms with E-state index < -0.39 is 0 Å². The summed E-state index contributed by atoms with van der Waals surface area (Å²) in [5.74, 6) is 4.24. The van der Waals surface area contributed by atoms with E-state index in [1.807, 2.05) is 12.1 Å². The zero-order valence-corrected chi connectivity index (χ0v) is 10.7. The van der Waals surface area contributed by atoms with Gasteiger partial charge < -0.3 is 5.11 Å². The van der Waals surface area contributed by atoms with Crippen LogP contribution in [-0.2, 0) is 16.6 Å². The van der Waals surface area contributed by atoms with Gasteiger partial charge in [0, 0.05) is 0 Å². The number of fused-ring (bicyclic) bond motifs is 1. The molecule has 1 heterocycles. The Labute approximate surface area is 105 Å². The molecule has 0 saturated carbocycles. The van der Waals surface area contributed by atoms with Gasteiger partial charge in [-0.1, -0.05) is 30.3 Å². The Hall–Kier alpha value is -1.15. The summed E-state index contributed by atoms with van der Waals surface area (Å²) in [4.78, 5) is 0. The molecule has 0 spiro atoms. The summed E-state index contributed by atoms with van der Waals surface area (Å²) in [5.41, 5.74) is 1.16. The number of phenols is 1. The van der Waals surface area contributed by atoms with Crippen LogP contribution in [0.1, 0.15) is 18.4 Å². The first-order chi connectivity index (χ1) is 8.34. The summed E-state index contributed by atoms with van der Waals surface area (Å²) in [6.07, 6.45) is 2.74. The molecule has 1 fully saturated rings. The van der Waals surface area contributed by atoms with Crippen molar-refractivity contribution in [2.75, 3.05) is 11.5 Å².